The van der Waals surface area contributed by atoms with Gasteiger partial charge in [-0.1, -0.05) is 36.2 Å². The molecule has 4 heteroatoms. The van der Waals surface area contributed by atoms with Gasteiger partial charge in [0.15, 0.2) is 0 Å². The maximum atomic E-state index is 13.9. The highest BCUT2D eigenvalue weighted by atomic mass is 35.5. The molecule has 1 aliphatic rings. The van der Waals surface area contributed by atoms with Gasteiger partial charge in [0.05, 0.1) is 10.0 Å². The van der Waals surface area contributed by atoms with E-state index >= 15 is 0 Å². The lowest BCUT2D eigenvalue weighted by atomic mass is 10.00. The molecule has 0 aromatic heterocycles. The lowest BCUT2D eigenvalue weighted by Crippen LogP contribution is -2.10. The van der Waals surface area contributed by atoms with Crippen LogP contribution in [0.5, 0.6) is 5.75 Å². The normalized spacial score (nSPS) is 16.9. The number of hydrogen-bond donors (Lipinski definition) is 0. The van der Waals surface area contributed by atoms with Crippen LogP contribution in [-0.2, 0) is 6.42 Å². The Hall–Kier alpha value is -1.25. The van der Waals surface area contributed by atoms with E-state index in [-0.39, 0.29) is 11.9 Å². The minimum absolute atomic E-state index is 0.0896. The first-order valence-electron chi connectivity index (χ1n) is 6.53. The molecule has 1 heterocycles. The van der Waals surface area contributed by atoms with Crippen molar-refractivity contribution in [3.63, 3.8) is 0 Å². The van der Waals surface area contributed by atoms with Crippen LogP contribution in [0.4, 0.5) is 4.39 Å². The van der Waals surface area contributed by atoms with Gasteiger partial charge in [0, 0.05) is 23.1 Å². The van der Waals surface area contributed by atoms with Gasteiger partial charge in [0.1, 0.15) is 17.7 Å². The maximum absolute atomic E-state index is 13.9. The van der Waals surface area contributed by atoms with Crippen molar-refractivity contribution in [3.8, 4) is 16.9 Å². The van der Waals surface area contributed by atoms with Gasteiger partial charge in [0.25, 0.3) is 0 Å². The van der Waals surface area contributed by atoms with E-state index in [1.807, 2.05) is 0 Å². The molecule has 0 saturated carbocycles. The minimum Gasteiger partial charge on any atom is -0.489 e. The average Bonchev–Trinajstić information content (AvgIpc) is 2.81. The number of ether oxygens (including phenoxy) is 1. The zero-order valence-corrected chi connectivity index (χ0v) is 12.4. The van der Waals surface area contributed by atoms with E-state index in [1.54, 1.807) is 18.2 Å². The largest absolute Gasteiger partial charge is 0.489 e. The van der Waals surface area contributed by atoms with Gasteiger partial charge in [-0.2, -0.15) is 0 Å². The summed E-state index contributed by atoms with van der Waals surface area (Å²) in [6.45, 7) is 2.05. The zero-order chi connectivity index (χ0) is 14.3. The Bertz CT molecular complexity index is 650. The first-order valence-corrected chi connectivity index (χ1v) is 7.29. The quantitative estimate of drug-likeness (QED) is 0.710. The van der Waals surface area contributed by atoms with E-state index in [2.05, 4.69) is 6.92 Å². The fourth-order valence-corrected chi connectivity index (χ4v) is 3.16. The number of hydrogen-bond acceptors (Lipinski definition) is 1. The number of halogens is 3. The third kappa shape index (κ3) is 2.27. The van der Waals surface area contributed by atoms with E-state index in [4.69, 9.17) is 27.9 Å². The molecule has 0 bridgehead atoms. The molecule has 1 atom stereocenters. The van der Waals surface area contributed by atoms with Gasteiger partial charge in [0.2, 0.25) is 0 Å². The van der Waals surface area contributed by atoms with Crippen LogP contribution in [0.15, 0.2) is 30.3 Å². The molecule has 0 saturated heterocycles. The molecule has 0 N–H and O–H groups in total. The third-order valence-corrected chi connectivity index (χ3v) is 4.18. The van der Waals surface area contributed by atoms with Gasteiger partial charge in [-0.3, -0.25) is 0 Å². The predicted octanol–water partition coefficient (Wildman–Crippen LogP) is 5.51. The van der Waals surface area contributed by atoms with Crippen LogP contribution in [0.2, 0.25) is 10.0 Å². The summed E-state index contributed by atoms with van der Waals surface area (Å²) in [7, 11) is 0. The van der Waals surface area contributed by atoms with Crippen molar-refractivity contribution in [3.05, 3.63) is 51.8 Å². The second kappa shape index (κ2) is 5.27. The van der Waals surface area contributed by atoms with Gasteiger partial charge in [-0.15, -0.1) is 0 Å². The molecule has 0 spiro atoms. The molecule has 0 fully saturated rings. The summed E-state index contributed by atoms with van der Waals surface area (Å²) < 4.78 is 19.8. The Morgan fingerprint density at radius 3 is 2.60 bits per heavy atom. The summed E-state index contributed by atoms with van der Waals surface area (Å²) in [4.78, 5) is 0. The molecule has 2 aromatic rings. The topological polar surface area (TPSA) is 9.23 Å². The molecule has 3 rings (SSSR count). The highest BCUT2D eigenvalue weighted by molar-refractivity contribution is 6.39. The van der Waals surface area contributed by atoms with Crippen LogP contribution < -0.4 is 4.74 Å². The summed E-state index contributed by atoms with van der Waals surface area (Å²) in [5.74, 6) is 0.406. The highest BCUT2D eigenvalue weighted by Gasteiger charge is 2.27. The van der Waals surface area contributed by atoms with Crippen molar-refractivity contribution in [2.24, 2.45) is 0 Å². The van der Waals surface area contributed by atoms with Crippen molar-refractivity contribution < 1.29 is 9.13 Å². The molecular weight excluding hydrogens is 298 g/mol. The third-order valence-electron chi connectivity index (χ3n) is 3.55. The Labute approximate surface area is 127 Å². The van der Waals surface area contributed by atoms with Gasteiger partial charge in [-0.25, -0.2) is 4.39 Å². The summed E-state index contributed by atoms with van der Waals surface area (Å²) in [5.41, 5.74) is 2.14. The number of rotatable bonds is 2. The second-order valence-corrected chi connectivity index (χ2v) is 5.70. The van der Waals surface area contributed by atoms with Crippen LogP contribution in [0.3, 0.4) is 0 Å². The van der Waals surface area contributed by atoms with Gasteiger partial charge in [-0.05, 0) is 30.7 Å². The Morgan fingerprint density at radius 1 is 1.25 bits per heavy atom. The lowest BCUT2D eigenvalue weighted by Gasteiger charge is -2.13. The molecule has 0 aliphatic carbocycles. The summed E-state index contributed by atoms with van der Waals surface area (Å²) in [5, 5.41) is 0.989. The molecule has 2 aromatic carbocycles. The van der Waals surface area contributed by atoms with Crippen LogP contribution in [-0.4, -0.2) is 6.10 Å². The van der Waals surface area contributed by atoms with Crippen LogP contribution in [0.25, 0.3) is 11.1 Å². The van der Waals surface area contributed by atoms with E-state index < -0.39 is 0 Å². The van der Waals surface area contributed by atoms with Crippen LogP contribution in [0.1, 0.15) is 18.9 Å². The van der Waals surface area contributed by atoms with Gasteiger partial charge < -0.3 is 4.74 Å². The van der Waals surface area contributed by atoms with E-state index in [0.29, 0.717) is 26.9 Å². The van der Waals surface area contributed by atoms with Crippen LogP contribution >= 0.6 is 23.2 Å². The molecule has 1 nitrogen and oxygen atoms in total. The molecule has 0 radical (unpaired) electrons. The predicted molar refractivity (Wildman–Crippen MR) is 80.3 cm³/mol. The fourth-order valence-electron chi connectivity index (χ4n) is 2.56. The summed E-state index contributed by atoms with van der Waals surface area (Å²) in [6.07, 6.45) is 1.69. The first kappa shape index (κ1) is 13.7. The van der Waals surface area contributed by atoms with Crippen molar-refractivity contribution in [1.82, 2.24) is 0 Å². The maximum Gasteiger partial charge on any atom is 0.131 e. The molecule has 0 unspecified atom stereocenters. The minimum atomic E-state index is -0.296. The molecular formula is C16H13Cl2FO. The van der Waals surface area contributed by atoms with Gasteiger partial charge >= 0.3 is 0 Å². The standard InChI is InChI=1S/C16H13Cl2FO/c1-2-11-7-9-6-10(19)8-12(16(9)20-11)15-13(17)4-3-5-14(15)18/h3-6,8,11H,2,7H2,1H3/t11-/m0/s1. The Kier molecular flexibility index (Phi) is 3.61. The van der Waals surface area contributed by atoms with Crippen molar-refractivity contribution in [2.45, 2.75) is 25.9 Å². The highest BCUT2D eigenvalue weighted by Crippen LogP contribution is 2.45. The monoisotopic (exact) mass is 310 g/mol. The second-order valence-electron chi connectivity index (χ2n) is 4.89. The molecule has 1 aliphatic heterocycles. The first-order chi connectivity index (χ1) is 9.60. The number of benzene rings is 2. The molecule has 20 heavy (non-hydrogen) atoms. The molecule has 104 valence electrons. The van der Waals surface area contributed by atoms with E-state index in [0.717, 1.165) is 18.4 Å². The summed E-state index contributed by atoms with van der Waals surface area (Å²) in [6, 6.07) is 8.21. The smallest absolute Gasteiger partial charge is 0.131 e. The fraction of sp³-hybridized carbons (Fsp3) is 0.250. The number of fused-ring (bicyclic) bond motifs is 1. The lowest BCUT2D eigenvalue weighted by molar-refractivity contribution is 0.229. The van der Waals surface area contributed by atoms with Crippen molar-refractivity contribution in [1.29, 1.82) is 0 Å². The van der Waals surface area contributed by atoms with Crippen LogP contribution in [0, 0.1) is 5.82 Å². The van der Waals surface area contributed by atoms with E-state index in [9.17, 15) is 4.39 Å². The average molecular weight is 311 g/mol. The van der Waals surface area contributed by atoms with Crippen molar-refractivity contribution >= 4 is 23.2 Å². The SMILES string of the molecule is CC[C@H]1Cc2cc(F)cc(-c3c(Cl)cccc3Cl)c2O1. The van der Waals surface area contributed by atoms with Crippen molar-refractivity contribution in [2.75, 3.05) is 0 Å². The Morgan fingerprint density at radius 2 is 1.95 bits per heavy atom. The zero-order valence-electron chi connectivity index (χ0n) is 10.9. The van der Waals surface area contributed by atoms with E-state index in [1.165, 1.54) is 12.1 Å². The molecule has 0 amide bonds. The Balaban J connectivity index is 2.21. The summed E-state index contributed by atoms with van der Waals surface area (Å²) >= 11 is 12.5.